The molecule has 0 aliphatic rings. The van der Waals surface area contributed by atoms with Crippen molar-refractivity contribution in [2.24, 2.45) is 0 Å². The Balaban J connectivity index is 1.86. The molecule has 0 saturated heterocycles. The lowest BCUT2D eigenvalue weighted by molar-refractivity contribution is 0.0886. The van der Waals surface area contributed by atoms with E-state index in [9.17, 15) is 5.11 Å². The van der Waals surface area contributed by atoms with Crippen molar-refractivity contribution in [2.45, 2.75) is 26.5 Å². The van der Waals surface area contributed by atoms with Gasteiger partial charge in [-0.25, -0.2) is 9.67 Å². The zero-order chi connectivity index (χ0) is 13.0. The molecule has 2 aromatic rings. The molecule has 0 aliphatic heterocycles. The molecule has 0 unspecified atom stereocenters. The van der Waals surface area contributed by atoms with Crippen molar-refractivity contribution in [2.75, 3.05) is 6.61 Å². The molecule has 0 radical (unpaired) electrons. The SMILES string of the molecule is Cc1nc(C)n(C[C@@H](O)COc2ccccc2)n1. The second-order valence-electron chi connectivity index (χ2n) is 4.17. The van der Waals surface area contributed by atoms with E-state index in [4.69, 9.17) is 4.74 Å². The lowest BCUT2D eigenvalue weighted by Gasteiger charge is -2.12. The average Bonchev–Trinajstić information content (AvgIpc) is 2.67. The summed E-state index contributed by atoms with van der Waals surface area (Å²) in [6.45, 7) is 4.32. The predicted molar refractivity (Wildman–Crippen MR) is 67.4 cm³/mol. The molecule has 96 valence electrons. The third-order valence-corrected chi connectivity index (χ3v) is 2.53. The highest BCUT2D eigenvalue weighted by molar-refractivity contribution is 5.20. The second-order valence-corrected chi connectivity index (χ2v) is 4.17. The molecule has 0 fully saturated rings. The van der Waals surface area contributed by atoms with Gasteiger partial charge >= 0.3 is 0 Å². The molecule has 0 bridgehead atoms. The number of benzene rings is 1. The molecule has 0 saturated carbocycles. The third kappa shape index (κ3) is 3.30. The minimum atomic E-state index is -0.606. The molecule has 0 amide bonds. The van der Waals surface area contributed by atoms with E-state index in [1.165, 1.54) is 0 Å². The Hall–Kier alpha value is -1.88. The Kier molecular flexibility index (Phi) is 3.94. The lowest BCUT2D eigenvalue weighted by atomic mass is 10.3. The van der Waals surface area contributed by atoms with Gasteiger partial charge in [0.1, 0.15) is 30.1 Å². The van der Waals surface area contributed by atoms with Gasteiger partial charge in [0.05, 0.1) is 6.54 Å². The molecule has 0 spiro atoms. The number of hydrogen-bond acceptors (Lipinski definition) is 4. The highest BCUT2D eigenvalue weighted by atomic mass is 16.5. The summed E-state index contributed by atoms with van der Waals surface area (Å²) in [4.78, 5) is 4.18. The second kappa shape index (κ2) is 5.64. The van der Waals surface area contributed by atoms with E-state index in [0.29, 0.717) is 12.4 Å². The number of aliphatic hydroxyl groups is 1. The van der Waals surface area contributed by atoms with Crippen LogP contribution in [-0.4, -0.2) is 32.6 Å². The Morgan fingerprint density at radius 3 is 2.61 bits per heavy atom. The zero-order valence-corrected chi connectivity index (χ0v) is 10.6. The van der Waals surface area contributed by atoms with Gasteiger partial charge < -0.3 is 9.84 Å². The summed E-state index contributed by atoms with van der Waals surface area (Å²) in [5.74, 6) is 2.26. The monoisotopic (exact) mass is 247 g/mol. The number of aliphatic hydroxyl groups excluding tert-OH is 1. The topological polar surface area (TPSA) is 60.2 Å². The van der Waals surface area contributed by atoms with Crippen LogP contribution in [0.5, 0.6) is 5.75 Å². The van der Waals surface area contributed by atoms with Crippen LogP contribution in [0.2, 0.25) is 0 Å². The molecule has 1 N–H and O–H groups in total. The Bertz CT molecular complexity index is 496. The van der Waals surface area contributed by atoms with Crippen LogP contribution >= 0.6 is 0 Å². The van der Waals surface area contributed by atoms with Crippen LogP contribution in [0.3, 0.4) is 0 Å². The number of aryl methyl sites for hydroxylation is 2. The van der Waals surface area contributed by atoms with Crippen molar-refractivity contribution < 1.29 is 9.84 Å². The Morgan fingerprint density at radius 1 is 1.28 bits per heavy atom. The van der Waals surface area contributed by atoms with Gasteiger partial charge in [0.2, 0.25) is 0 Å². The molecule has 18 heavy (non-hydrogen) atoms. The summed E-state index contributed by atoms with van der Waals surface area (Å²) >= 11 is 0. The molecule has 2 rings (SSSR count). The fourth-order valence-corrected chi connectivity index (χ4v) is 1.70. The lowest BCUT2D eigenvalue weighted by Crippen LogP contribution is -2.24. The largest absolute Gasteiger partial charge is 0.491 e. The number of hydrogen-bond donors (Lipinski definition) is 1. The highest BCUT2D eigenvalue weighted by Gasteiger charge is 2.10. The van der Waals surface area contributed by atoms with Gasteiger partial charge in [0, 0.05) is 0 Å². The summed E-state index contributed by atoms with van der Waals surface area (Å²) in [6, 6.07) is 9.43. The van der Waals surface area contributed by atoms with Crippen molar-refractivity contribution in [1.82, 2.24) is 14.8 Å². The van der Waals surface area contributed by atoms with Crippen LogP contribution in [0.25, 0.3) is 0 Å². The predicted octanol–water partition coefficient (Wildman–Crippen LogP) is 1.33. The Morgan fingerprint density at radius 2 is 2.00 bits per heavy atom. The average molecular weight is 247 g/mol. The number of para-hydroxylation sites is 1. The maximum atomic E-state index is 9.88. The molecular formula is C13H17N3O2. The molecule has 5 nitrogen and oxygen atoms in total. The first kappa shape index (κ1) is 12.6. The molecule has 1 aromatic carbocycles. The van der Waals surface area contributed by atoms with Gasteiger partial charge in [0.15, 0.2) is 0 Å². The van der Waals surface area contributed by atoms with E-state index in [1.54, 1.807) is 4.68 Å². The van der Waals surface area contributed by atoms with Crippen LogP contribution in [0.1, 0.15) is 11.6 Å². The third-order valence-electron chi connectivity index (χ3n) is 2.53. The van der Waals surface area contributed by atoms with Crippen LogP contribution in [0, 0.1) is 13.8 Å². The summed E-state index contributed by atoms with van der Waals surface area (Å²) in [6.07, 6.45) is -0.606. The van der Waals surface area contributed by atoms with Gasteiger partial charge in [-0.2, -0.15) is 5.10 Å². The number of aromatic nitrogens is 3. The summed E-state index contributed by atoms with van der Waals surface area (Å²) in [5, 5.41) is 14.1. The highest BCUT2D eigenvalue weighted by Crippen LogP contribution is 2.09. The molecule has 1 heterocycles. The van der Waals surface area contributed by atoms with Crippen LogP contribution in [-0.2, 0) is 6.54 Å². The fourth-order valence-electron chi connectivity index (χ4n) is 1.70. The van der Waals surface area contributed by atoms with E-state index in [0.717, 1.165) is 11.6 Å². The van der Waals surface area contributed by atoms with E-state index in [2.05, 4.69) is 10.1 Å². The van der Waals surface area contributed by atoms with Crippen molar-refractivity contribution >= 4 is 0 Å². The van der Waals surface area contributed by atoms with Crippen LogP contribution < -0.4 is 4.74 Å². The van der Waals surface area contributed by atoms with E-state index >= 15 is 0 Å². The van der Waals surface area contributed by atoms with E-state index < -0.39 is 6.10 Å². The first-order chi connectivity index (χ1) is 8.65. The number of ether oxygens (including phenoxy) is 1. The van der Waals surface area contributed by atoms with Crippen molar-refractivity contribution in [3.8, 4) is 5.75 Å². The van der Waals surface area contributed by atoms with Gasteiger partial charge in [-0.05, 0) is 26.0 Å². The summed E-state index contributed by atoms with van der Waals surface area (Å²) < 4.78 is 7.16. The van der Waals surface area contributed by atoms with Crippen molar-refractivity contribution in [1.29, 1.82) is 0 Å². The quantitative estimate of drug-likeness (QED) is 0.866. The van der Waals surface area contributed by atoms with Gasteiger partial charge in [-0.1, -0.05) is 18.2 Å². The van der Waals surface area contributed by atoms with Gasteiger partial charge in [-0.3, -0.25) is 0 Å². The van der Waals surface area contributed by atoms with Crippen molar-refractivity contribution in [3.05, 3.63) is 42.0 Å². The van der Waals surface area contributed by atoms with Gasteiger partial charge in [-0.15, -0.1) is 0 Å². The molecule has 1 atom stereocenters. The smallest absolute Gasteiger partial charge is 0.147 e. The van der Waals surface area contributed by atoms with Gasteiger partial charge in [0.25, 0.3) is 0 Å². The molecular weight excluding hydrogens is 230 g/mol. The first-order valence-electron chi connectivity index (χ1n) is 5.89. The number of nitrogens with zero attached hydrogens (tertiary/aromatic N) is 3. The van der Waals surface area contributed by atoms with E-state index in [1.807, 2.05) is 44.2 Å². The normalized spacial score (nSPS) is 12.4. The Labute approximate surface area is 106 Å². The summed E-state index contributed by atoms with van der Waals surface area (Å²) in [5.41, 5.74) is 0. The minimum Gasteiger partial charge on any atom is -0.491 e. The number of rotatable bonds is 5. The van der Waals surface area contributed by atoms with Crippen molar-refractivity contribution in [3.63, 3.8) is 0 Å². The fraction of sp³-hybridized carbons (Fsp3) is 0.385. The van der Waals surface area contributed by atoms with Crippen LogP contribution in [0.15, 0.2) is 30.3 Å². The maximum absolute atomic E-state index is 9.88. The zero-order valence-electron chi connectivity index (χ0n) is 10.6. The van der Waals surface area contributed by atoms with E-state index in [-0.39, 0.29) is 6.61 Å². The molecule has 5 heteroatoms. The first-order valence-corrected chi connectivity index (χ1v) is 5.89. The maximum Gasteiger partial charge on any atom is 0.147 e. The van der Waals surface area contributed by atoms with Crippen LogP contribution in [0.4, 0.5) is 0 Å². The minimum absolute atomic E-state index is 0.238. The summed E-state index contributed by atoms with van der Waals surface area (Å²) in [7, 11) is 0. The molecule has 0 aliphatic carbocycles. The standard InChI is InChI=1S/C13H17N3O2/c1-10-14-11(2)16(15-10)8-12(17)9-18-13-6-4-3-5-7-13/h3-7,12,17H,8-9H2,1-2H3/t12-/m1/s1. The molecule has 1 aromatic heterocycles.